The average Bonchev–Trinajstić information content (AvgIpc) is 2.39. The summed E-state index contributed by atoms with van der Waals surface area (Å²) in [5.74, 6) is -0.783. The summed E-state index contributed by atoms with van der Waals surface area (Å²) < 4.78 is 18.7. The van der Waals surface area contributed by atoms with Gasteiger partial charge in [0.1, 0.15) is 12.4 Å². The number of hydrogen-bond acceptors (Lipinski definition) is 3. The Morgan fingerprint density at radius 2 is 1.95 bits per heavy atom. The van der Waals surface area contributed by atoms with Crippen molar-refractivity contribution in [3.63, 3.8) is 0 Å². The SMILES string of the molecule is O=[N+]([O-])c1ccc(OCc2cc(Cl)ccc2Cl)cc1F. The van der Waals surface area contributed by atoms with Crippen molar-refractivity contribution in [1.29, 1.82) is 0 Å². The van der Waals surface area contributed by atoms with E-state index >= 15 is 0 Å². The van der Waals surface area contributed by atoms with E-state index in [0.717, 1.165) is 12.1 Å². The Balaban J connectivity index is 2.13. The smallest absolute Gasteiger partial charge is 0.305 e. The molecule has 0 aliphatic heterocycles. The fraction of sp³-hybridized carbons (Fsp3) is 0.0769. The van der Waals surface area contributed by atoms with Gasteiger partial charge < -0.3 is 4.74 Å². The fourth-order valence-corrected chi connectivity index (χ4v) is 1.91. The molecular formula is C13H8Cl2FNO3. The summed E-state index contributed by atoms with van der Waals surface area (Å²) in [5.41, 5.74) is 0.0380. The van der Waals surface area contributed by atoms with Gasteiger partial charge in [-0.25, -0.2) is 0 Å². The van der Waals surface area contributed by atoms with Crippen molar-refractivity contribution in [2.24, 2.45) is 0 Å². The van der Waals surface area contributed by atoms with E-state index in [-0.39, 0.29) is 12.4 Å². The maximum atomic E-state index is 13.4. The molecule has 0 aliphatic carbocycles. The number of nitro benzene ring substituents is 1. The molecule has 0 atom stereocenters. The van der Waals surface area contributed by atoms with Crippen LogP contribution in [0.3, 0.4) is 0 Å². The molecule has 104 valence electrons. The third kappa shape index (κ3) is 3.37. The lowest BCUT2D eigenvalue weighted by Crippen LogP contribution is -1.98. The maximum Gasteiger partial charge on any atom is 0.305 e. The minimum absolute atomic E-state index is 0.0800. The van der Waals surface area contributed by atoms with Crippen LogP contribution >= 0.6 is 23.2 Å². The number of nitro groups is 1. The summed E-state index contributed by atoms with van der Waals surface area (Å²) in [6, 6.07) is 8.21. The molecule has 20 heavy (non-hydrogen) atoms. The molecule has 0 spiro atoms. The number of rotatable bonds is 4. The van der Waals surface area contributed by atoms with Gasteiger partial charge in [-0.3, -0.25) is 10.1 Å². The van der Waals surface area contributed by atoms with Gasteiger partial charge in [-0.15, -0.1) is 0 Å². The summed E-state index contributed by atoms with van der Waals surface area (Å²) >= 11 is 11.8. The minimum Gasteiger partial charge on any atom is -0.489 e. The van der Waals surface area contributed by atoms with Crippen LogP contribution in [0.2, 0.25) is 10.0 Å². The van der Waals surface area contributed by atoms with Gasteiger partial charge in [-0.1, -0.05) is 23.2 Å². The van der Waals surface area contributed by atoms with Gasteiger partial charge in [-0.05, 0) is 24.3 Å². The first kappa shape index (κ1) is 14.6. The molecule has 0 radical (unpaired) electrons. The Morgan fingerprint density at radius 1 is 1.20 bits per heavy atom. The molecule has 7 heteroatoms. The van der Waals surface area contributed by atoms with E-state index in [2.05, 4.69) is 0 Å². The summed E-state index contributed by atoms with van der Waals surface area (Å²) in [6.45, 7) is 0.0800. The van der Waals surface area contributed by atoms with E-state index in [1.807, 2.05) is 0 Å². The second-order valence-corrected chi connectivity index (χ2v) is 4.74. The Kier molecular flexibility index (Phi) is 4.42. The van der Waals surface area contributed by atoms with Crippen molar-refractivity contribution in [3.05, 3.63) is 67.9 Å². The quantitative estimate of drug-likeness (QED) is 0.611. The van der Waals surface area contributed by atoms with Gasteiger partial charge in [0.25, 0.3) is 0 Å². The molecule has 0 bridgehead atoms. The molecular weight excluding hydrogens is 308 g/mol. The zero-order chi connectivity index (χ0) is 14.7. The summed E-state index contributed by atoms with van der Waals surface area (Å²) in [7, 11) is 0. The van der Waals surface area contributed by atoms with Crippen LogP contribution in [0.5, 0.6) is 5.75 Å². The number of hydrogen-bond donors (Lipinski definition) is 0. The Morgan fingerprint density at radius 3 is 2.60 bits per heavy atom. The molecule has 2 rings (SSSR count). The van der Waals surface area contributed by atoms with Crippen LogP contribution in [0.15, 0.2) is 36.4 Å². The van der Waals surface area contributed by atoms with E-state index < -0.39 is 16.4 Å². The first-order chi connectivity index (χ1) is 9.47. The van der Waals surface area contributed by atoms with Crippen LogP contribution in [0.4, 0.5) is 10.1 Å². The van der Waals surface area contributed by atoms with Crippen LogP contribution in [-0.2, 0) is 6.61 Å². The number of nitrogens with zero attached hydrogens (tertiary/aromatic N) is 1. The number of halogens is 3. The van der Waals surface area contributed by atoms with Crippen LogP contribution in [-0.4, -0.2) is 4.92 Å². The molecule has 0 saturated heterocycles. The third-order valence-electron chi connectivity index (χ3n) is 2.52. The van der Waals surface area contributed by atoms with Crippen LogP contribution in [0.25, 0.3) is 0 Å². The fourth-order valence-electron chi connectivity index (χ4n) is 1.54. The Hall–Kier alpha value is -1.85. The molecule has 0 aromatic heterocycles. The molecule has 0 heterocycles. The summed E-state index contributed by atoms with van der Waals surface area (Å²) in [5, 5.41) is 11.5. The van der Waals surface area contributed by atoms with E-state index in [1.54, 1.807) is 18.2 Å². The zero-order valence-corrected chi connectivity index (χ0v) is 11.5. The lowest BCUT2D eigenvalue weighted by molar-refractivity contribution is -0.387. The highest BCUT2D eigenvalue weighted by Gasteiger charge is 2.14. The molecule has 0 N–H and O–H groups in total. The van der Waals surface area contributed by atoms with Crippen LogP contribution in [0, 0.1) is 15.9 Å². The minimum atomic E-state index is -0.954. The van der Waals surface area contributed by atoms with E-state index in [4.69, 9.17) is 27.9 Å². The Bertz CT molecular complexity index is 664. The molecule has 0 aliphatic rings. The van der Waals surface area contributed by atoms with E-state index in [9.17, 15) is 14.5 Å². The second-order valence-electron chi connectivity index (χ2n) is 3.89. The lowest BCUT2D eigenvalue weighted by atomic mass is 10.2. The largest absolute Gasteiger partial charge is 0.489 e. The van der Waals surface area contributed by atoms with Gasteiger partial charge >= 0.3 is 5.69 Å². The second kappa shape index (κ2) is 6.07. The number of benzene rings is 2. The predicted molar refractivity (Wildman–Crippen MR) is 73.8 cm³/mol. The third-order valence-corrected chi connectivity index (χ3v) is 3.12. The van der Waals surface area contributed by atoms with Crippen LogP contribution in [0.1, 0.15) is 5.56 Å². The monoisotopic (exact) mass is 315 g/mol. The van der Waals surface area contributed by atoms with Gasteiger partial charge in [0.15, 0.2) is 0 Å². The highest BCUT2D eigenvalue weighted by Crippen LogP contribution is 2.25. The van der Waals surface area contributed by atoms with Crippen LogP contribution < -0.4 is 4.74 Å². The zero-order valence-electron chi connectivity index (χ0n) is 9.98. The number of ether oxygens (including phenoxy) is 1. The van der Waals surface area contributed by atoms with Gasteiger partial charge in [0.2, 0.25) is 5.82 Å². The molecule has 2 aromatic rings. The van der Waals surface area contributed by atoms with E-state index in [0.29, 0.717) is 15.6 Å². The van der Waals surface area contributed by atoms with Crippen molar-refractivity contribution < 1.29 is 14.1 Å². The van der Waals surface area contributed by atoms with E-state index in [1.165, 1.54) is 6.07 Å². The first-order valence-electron chi connectivity index (χ1n) is 5.48. The van der Waals surface area contributed by atoms with Crippen molar-refractivity contribution in [2.45, 2.75) is 6.61 Å². The normalized spacial score (nSPS) is 10.3. The average molecular weight is 316 g/mol. The van der Waals surface area contributed by atoms with Crippen molar-refractivity contribution >= 4 is 28.9 Å². The standard InChI is InChI=1S/C13H8Cl2FNO3/c14-9-1-3-11(15)8(5-9)7-20-10-2-4-13(17(18)19)12(16)6-10/h1-6H,7H2. The molecule has 4 nitrogen and oxygen atoms in total. The molecule has 0 fully saturated rings. The first-order valence-corrected chi connectivity index (χ1v) is 6.23. The van der Waals surface area contributed by atoms with Crippen molar-refractivity contribution in [2.75, 3.05) is 0 Å². The predicted octanol–water partition coefficient (Wildman–Crippen LogP) is 4.62. The molecule has 0 amide bonds. The van der Waals surface area contributed by atoms with Crippen molar-refractivity contribution in [1.82, 2.24) is 0 Å². The Labute approximate surface area is 123 Å². The summed E-state index contributed by atoms with van der Waals surface area (Å²) in [6.07, 6.45) is 0. The lowest BCUT2D eigenvalue weighted by Gasteiger charge is -2.08. The highest BCUT2D eigenvalue weighted by molar-refractivity contribution is 6.33. The van der Waals surface area contributed by atoms with Crippen molar-refractivity contribution in [3.8, 4) is 5.75 Å². The van der Waals surface area contributed by atoms with Gasteiger partial charge in [0, 0.05) is 27.7 Å². The molecule has 0 saturated carbocycles. The topological polar surface area (TPSA) is 52.4 Å². The molecule has 2 aromatic carbocycles. The molecule has 0 unspecified atom stereocenters. The van der Waals surface area contributed by atoms with Gasteiger partial charge in [-0.2, -0.15) is 4.39 Å². The summed E-state index contributed by atoms with van der Waals surface area (Å²) in [4.78, 5) is 9.69. The van der Waals surface area contributed by atoms with Gasteiger partial charge in [0.05, 0.1) is 4.92 Å². The maximum absolute atomic E-state index is 13.4. The highest BCUT2D eigenvalue weighted by atomic mass is 35.5.